The molecule has 0 saturated heterocycles. The number of aliphatic imine (C=N–C) groups is 1. The van der Waals surface area contributed by atoms with Gasteiger partial charge in [0, 0.05) is 22.7 Å². The first-order chi connectivity index (χ1) is 12.8. The highest BCUT2D eigenvalue weighted by Gasteiger charge is 2.48. The summed E-state index contributed by atoms with van der Waals surface area (Å²) in [5.41, 5.74) is 2.85. The molecule has 0 spiro atoms. The molecule has 27 heavy (non-hydrogen) atoms. The lowest BCUT2D eigenvalue weighted by Gasteiger charge is -2.54. The van der Waals surface area contributed by atoms with E-state index in [2.05, 4.69) is 29.3 Å². The zero-order valence-corrected chi connectivity index (χ0v) is 17.4. The minimum absolute atomic E-state index is 0.0777. The normalized spacial score (nSPS) is 35.9. The summed E-state index contributed by atoms with van der Waals surface area (Å²) in [5.74, 6) is 4.05. The molecule has 5 fully saturated rings. The maximum absolute atomic E-state index is 13.3. The van der Waals surface area contributed by atoms with Crippen LogP contribution in [0.15, 0.2) is 27.5 Å². The molecule has 0 unspecified atom stereocenters. The second-order valence-corrected chi connectivity index (χ2v) is 10.1. The fourth-order valence-corrected chi connectivity index (χ4v) is 6.13. The van der Waals surface area contributed by atoms with Gasteiger partial charge >= 0.3 is 0 Å². The molecule has 5 aliphatic carbocycles. The van der Waals surface area contributed by atoms with Gasteiger partial charge in [0.05, 0.1) is 0 Å². The van der Waals surface area contributed by atoms with Crippen LogP contribution in [0.3, 0.4) is 0 Å². The van der Waals surface area contributed by atoms with E-state index in [4.69, 9.17) is 0 Å². The van der Waals surface area contributed by atoms with Gasteiger partial charge in [0.1, 0.15) is 5.82 Å². The number of allylic oxidation sites excluding steroid dienone is 1. The number of carbonyl (C=O) groups excluding carboxylic acids is 1. The standard InChI is InChI=1S/C23H35N3O/c1-13(2)19(14(3)21(24-5)26-23(4)6-7-23)22(27)25-20-17-9-15-8-16(11-17)12-18(20)10-15/h15-18,20,26H,5-12H2,1-4H3,(H,25,27)/b21-14-. The number of nitrogens with zero attached hydrogens (tertiary/aromatic N) is 1. The summed E-state index contributed by atoms with van der Waals surface area (Å²) in [7, 11) is 0. The first-order valence-corrected chi connectivity index (χ1v) is 10.7. The molecule has 2 N–H and O–H groups in total. The van der Waals surface area contributed by atoms with E-state index in [0.29, 0.717) is 17.9 Å². The first kappa shape index (κ1) is 18.8. The molecule has 1 amide bonds. The van der Waals surface area contributed by atoms with Gasteiger partial charge in [-0.2, -0.15) is 0 Å². The fraction of sp³-hybridized carbons (Fsp3) is 0.739. The lowest BCUT2D eigenvalue weighted by atomic mass is 9.54. The Morgan fingerprint density at radius 1 is 1.00 bits per heavy atom. The van der Waals surface area contributed by atoms with Crippen LogP contribution >= 0.6 is 0 Å². The Morgan fingerprint density at radius 3 is 2.00 bits per heavy atom. The number of amides is 1. The SMILES string of the molecule is C=N/C(NC1(C)CC1)=C(\C)C(C(=O)NC1C2CC3CC(C2)CC1C3)=C(C)C. The Morgan fingerprint density at radius 2 is 1.56 bits per heavy atom. The Hall–Kier alpha value is -1.58. The van der Waals surface area contributed by atoms with Crippen LogP contribution in [0.25, 0.3) is 0 Å². The van der Waals surface area contributed by atoms with Gasteiger partial charge in [-0.15, -0.1) is 0 Å². The number of hydrogen-bond donors (Lipinski definition) is 2. The molecule has 0 aromatic carbocycles. The Bertz CT molecular complexity index is 681. The van der Waals surface area contributed by atoms with Gasteiger partial charge in [-0.05, 0) is 103 Å². The van der Waals surface area contributed by atoms with Crippen molar-refractivity contribution in [3.05, 3.63) is 22.5 Å². The van der Waals surface area contributed by atoms with E-state index in [1.165, 1.54) is 32.1 Å². The third-order valence-electron chi connectivity index (χ3n) is 7.56. The second-order valence-electron chi connectivity index (χ2n) is 10.1. The van der Waals surface area contributed by atoms with Crippen LogP contribution in [-0.4, -0.2) is 24.2 Å². The molecule has 148 valence electrons. The highest BCUT2D eigenvalue weighted by Crippen LogP contribution is 2.53. The zero-order valence-electron chi connectivity index (χ0n) is 17.4. The summed E-state index contributed by atoms with van der Waals surface area (Å²) >= 11 is 0. The van der Waals surface area contributed by atoms with E-state index in [1.54, 1.807) is 0 Å². The Balaban J connectivity index is 1.53. The van der Waals surface area contributed by atoms with Crippen molar-refractivity contribution in [3.63, 3.8) is 0 Å². The van der Waals surface area contributed by atoms with Crippen LogP contribution in [0.4, 0.5) is 0 Å². The third-order valence-corrected chi connectivity index (χ3v) is 7.56. The first-order valence-electron chi connectivity index (χ1n) is 10.7. The minimum Gasteiger partial charge on any atom is -0.365 e. The van der Waals surface area contributed by atoms with Gasteiger partial charge in [-0.1, -0.05) is 5.57 Å². The quantitative estimate of drug-likeness (QED) is 0.416. The largest absolute Gasteiger partial charge is 0.365 e. The van der Waals surface area contributed by atoms with Crippen molar-refractivity contribution in [2.45, 2.75) is 84.2 Å². The average Bonchev–Trinajstić information content (AvgIpc) is 3.32. The summed E-state index contributed by atoms with van der Waals surface area (Å²) in [5, 5.41) is 6.96. The molecule has 4 nitrogen and oxygen atoms in total. The van der Waals surface area contributed by atoms with Gasteiger partial charge in [-0.25, -0.2) is 4.99 Å². The summed E-state index contributed by atoms with van der Waals surface area (Å²) < 4.78 is 0. The maximum Gasteiger partial charge on any atom is 0.251 e. The predicted molar refractivity (Wildman–Crippen MR) is 110 cm³/mol. The zero-order chi connectivity index (χ0) is 19.3. The third kappa shape index (κ3) is 3.60. The highest BCUT2D eigenvalue weighted by molar-refractivity contribution is 5.98. The van der Waals surface area contributed by atoms with Gasteiger partial charge in [0.15, 0.2) is 0 Å². The van der Waals surface area contributed by atoms with Gasteiger partial charge < -0.3 is 10.6 Å². The van der Waals surface area contributed by atoms with Crippen LogP contribution in [0.5, 0.6) is 0 Å². The van der Waals surface area contributed by atoms with Crippen LogP contribution in [0.1, 0.15) is 72.6 Å². The van der Waals surface area contributed by atoms with E-state index < -0.39 is 0 Å². The molecule has 0 aromatic heterocycles. The molecule has 0 radical (unpaired) electrons. The summed E-state index contributed by atoms with van der Waals surface area (Å²) in [6.07, 6.45) is 8.99. The van der Waals surface area contributed by atoms with Crippen LogP contribution in [-0.2, 0) is 4.79 Å². The molecule has 5 aliphatic rings. The van der Waals surface area contributed by atoms with E-state index in [1.807, 2.05) is 20.8 Å². The molecule has 4 heteroatoms. The van der Waals surface area contributed by atoms with Crippen molar-refractivity contribution in [2.75, 3.05) is 0 Å². The summed E-state index contributed by atoms with van der Waals surface area (Å²) in [6.45, 7) is 12.0. The second kappa shape index (κ2) is 6.79. The molecule has 0 aliphatic heterocycles. The van der Waals surface area contributed by atoms with E-state index >= 15 is 0 Å². The van der Waals surface area contributed by atoms with E-state index in [-0.39, 0.29) is 11.4 Å². The van der Waals surface area contributed by atoms with Crippen LogP contribution in [0.2, 0.25) is 0 Å². The number of carbonyl (C=O) groups is 1. The smallest absolute Gasteiger partial charge is 0.251 e. The lowest BCUT2D eigenvalue weighted by molar-refractivity contribution is -0.121. The number of rotatable bonds is 6. The van der Waals surface area contributed by atoms with Crippen molar-refractivity contribution >= 4 is 12.6 Å². The highest BCUT2D eigenvalue weighted by atomic mass is 16.1. The van der Waals surface area contributed by atoms with E-state index in [9.17, 15) is 4.79 Å². The molecular weight excluding hydrogens is 334 g/mol. The number of nitrogens with one attached hydrogen (secondary N) is 2. The summed E-state index contributed by atoms with van der Waals surface area (Å²) in [4.78, 5) is 17.6. The molecular formula is C23H35N3O. The Kier molecular flexibility index (Phi) is 4.72. The molecule has 0 aromatic rings. The van der Waals surface area contributed by atoms with Gasteiger partial charge in [0.2, 0.25) is 0 Å². The summed E-state index contributed by atoms with van der Waals surface area (Å²) in [6, 6.07) is 0.362. The fourth-order valence-electron chi connectivity index (χ4n) is 6.13. The van der Waals surface area contributed by atoms with Crippen molar-refractivity contribution in [2.24, 2.45) is 28.7 Å². The average molecular weight is 370 g/mol. The molecule has 0 heterocycles. The van der Waals surface area contributed by atoms with Crippen LogP contribution < -0.4 is 10.6 Å². The molecule has 5 saturated carbocycles. The van der Waals surface area contributed by atoms with Crippen molar-refractivity contribution < 1.29 is 4.79 Å². The van der Waals surface area contributed by atoms with Gasteiger partial charge in [0.25, 0.3) is 5.91 Å². The molecule has 5 rings (SSSR count). The Labute approximate surface area is 164 Å². The molecule has 0 atom stereocenters. The predicted octanol–water partition coefficient (Wildman–Crippen LogP) is 4.34. The number of hydrogen-bond acceptors (Lipinski definition) is 3. The monoisotopic (exact) mass is 369 g/mol. The van der Waals surface area contributed by atoms with Crippen molar-refractivity contribution in [1.29, 1.82) is 0 Å². The minimum atomic E-state index is 0.0777. The van der Waals surface area contributed by atoms with Crippen molar-refractivity contribution in [3.8, 4) is 0 Å². The van der Waals surface area contributed by atoms with E-state index in [0.717, 1.165) is 47.2 Å². The molecule has 4 bridgehead atoms. The van der Waals surface area contributed by atoms with Crippen molar-refractivity contribution in [1.82, 2.24) is 10.6 Å². The van der Waals surface area contributed by atoms with Gasteiger partial charge in [-0.3, -0.25) is 4.79 Å². The van der Waals surface area contributed by atoms with Crippen LogP contribution in [0, 0.1) is 23.7 Å². The maximum atomic E-state index is 13.3. The topological polar surface area (TPSA) is 53.5 Å². The lowest BCUT2D eigenvalue weighted by Crippen LogP contribution is -2.56.